The number of morpholine rings is 1. The van der Waals surface area contributed by atoms with Gasteiger partial charge in [0.15, 0.2) is 5.78 Å². The molecule has 4 rings (SSSR count). The fourth-order valence-corrected chi connectivity index (χ4v) is 7.25. The highest BCUT2D eigenvalue weighted by Crippen LogP contribution is 2.37. The SMILES string of the molecule is CC1CN(S(=O)(=O)c2cccc(C(=O)CNc3sc4c(c3C#N)CCCC4)c2)CC(C)O1. The third-order valence-electron chi connectivity index (χ3n) is 5.87. The van der Waals surface area contributed by atoms with Crippen LogP contribution in [0.3, 0.4) is 0 Å². The van der Waals surface area contributed by atoms with Crippen molar-refractivity contribution in [2.75, 3.05) is 25.0 Å². The van der Waals surface area contributed by atoms with Crippen LogP contribution in [0.25, 0.3) is 0 Å². The van der Waals surface area contributed by atoms with E-state index < -0.39 is 10.0 Å². The van der Waals surface area contributed by atoms with Crippen LogP contribution in [0, 0.1) is 11.3 Å². The van der Waals surface area contributed by atoms with Crippen molar-refractivity contribution >= 4 is 32.1 Å². The van der Waals surface area contributed by atoms with E-state index in [9.17, 15) is 18.5 Å². The number of benzene rings is 1. The lowest BCUT2D eigenvalue weighted by Gasteiger charge is -2.34. The fourth-order valence-electron chi connectivity index (χ4n) is 4.38. The Morgan fingerprint density at radius 1 is 1.25 bits per heavy atom. The summed E-state index contributed by atoms with van der Waals surface area (Å²) in [5, 5.41) is 13.4. The minimum Gasteiger partial charge on any atom is -0.373 e. The number of nitrogens with one attached hydrogen (secondary N) is 1. The monoisotopic (exact) mass is 473 g/mol. The van der Waals surface area contributed by atoms with Gasteiger partial charge < -0.3 is 10.1 Å². The van der Waals surface area contributed by atoms with E-state index in [0.717, 1.165) is 36.2 Å². The van der Waals surface area contributed by atoms with Gasteiger partial charge in [0, 0.05) is 23.5 Å². The van der Waals surface area contributed by atoms with E-state index in [1.165, 1.54) is 21.3 Å². The van der Waals surface area contributed by atoms with Crippen molar-refractivity contribution in [3.63, 3.8) is 0 Å². The molecule has 1 aromatic heterocycles. The first-order valence-corrected chi connectivity index (χ1v) is 13.1. The number of aryl methyl sites for hydroxylation is 1. The Kier molecular flexibility index (Phi) is 6.67. The van der Waals surface area contributed by atoms with Crippen LogP contribution in [0.5, 0.6) is 0 Å². The number of rotatable bonds is 6. The molecule has 0 amide bonds. The highest BCUT2D eigenvalue weighted by molar-refractivity contribution is 7.89. The number of nitrogens with zero attached hydrogens (tertiary/aromatic N) is 2. The van der Waals surface area contributed by atoms with Gasteiger partial charge in [-0.2, -0.15) is 9.57 Å². The molecule has 2 aromatic rings. The number of Topliss-reactive ketones (excluding diaryl/α,β-unsaturated/α-hetero) is 1. The maximum Gasteiger partial charge on any atom is 0.243 e. The number of carbonyl (C=O) groups excluding carboxylic acids is 1. The standard InChI is InChI=1S/C23H27N3O4S2/c1-15-13-26(14-16(2)30-15)32(28,29)18-7-5-6-17(10-18)21(27)12-25-23-20(11-24)19-8-3-4-9-22(19)31-23/h5-7,10,15-16,25H,3-4,8-9,12-14H2,1-2H3. The number of carbonyl (C=O) groups is 1. The molecule has 0 saturated carbocycles. The molecule has 2 unspecified atom stereocenters. The van der Waals surface area contributed by atoms with E-state index in [1.54, 1.807) is 23.5 Å². The Bertz CT molecular complexity index is 1160. The third kappa shape index (κ3) is 4.59. The number of anilines is 1. The van der Waals surface area contributed by atoms with Gasteiger partial charge in [-0.05, 0) is 57.2 Å². The number of nitriles is 1. The molecule has 1 N–H and O–H groups in total. The molecule has 1 saturated heterocycles. The second kappa shape index (κ2) is 9.32. The zero-order valence-corrected chi connectivity index (χ0v) is 19.9. The summed E-state index contributed by atoms with van der Waals surface area (Å²) in [6, 6.07) is 8.46. The molecule has 2 atom stereocenters. The van der Waals surface area contributed by atoms with Crippen molar-refractivity contribution in [2.45, 2.75) is 56.6 Å². The summed E-state index contributed by atoms with van der Waals surface area (Å²) in [7, 11) is -3.72. The maximum atomic E-state index is 13.1. The molecule has 7 nitrogen and oxygen atoms in total. The molecule has 2 heterocycles. The van der Waals surface area contributed by atoms with Crippen LogP contribution in [0.15, 0.2) is 29.2 Å². The minimum absolute atomic E-state index is 0.00317. The summed E-state index contributed by atoms with van der Waals surface area (Å²) in [6.45, 7) is 4.27. The number of fused-ring (bicyclic) bond motifs is 1. The molecule has 1 fully saturated rings. The molecule has 1 aliphatic heterocycles. The molecule has 1 aromatic carbocycles. The van der Waals surface area contributed by atoms with Crippen molar-refractivity contribution < 1.29 is 17.9 Å². The lowest BCUT2D eigenvalue weighted by atomic mass is 9.96. The van der Waals surface area contributed by atoms with Crippen LogP contribution in [-0.2, 0) is 27.6 Å². The van der Waals surface area contributed by atoms with Gasteiger partial charge in [0.1, 0.15) is 11.1 Å². The largest absolute Gasteiger partial charge is 0.373 e. The van der Waals surface area contributed by atoms with Crippen molar-refractivity contribution in [3.05, 3.63) is 45.8 Å². The molecule has 0 bridgehead atoms. The number of ether oxygens (including phenoxy) is 1. The summed E-state index contributed by atoms with van der Waals surface area (Å²) in [6.07, 6.45) is 3.71. The van der Waals surface area contributed by atoms with Gasteiger partial charge in [0.25, 0.3) is 0 Å². The van der Waals surface area contributed by atoms with Gasteiger partial charge in [-0.25, -0.2) is 8.42 Å². The summed E-state index contributed by atoms with van der Waals surface area (Å²) in [4.78, 5) is 14.2. The van der Waals surface area contributed by atoms with E-state index >= 15 is 0 Å². The second-order valence-electron chi connectivity index (χ2n) is 8.41. The van der Waals surface area contributed by atoms with E-state index in [-0.39, 0.29) is 42.5 Å². The number of thiophene rings is 1. The first-order valence-electron chi connectivity index (χ1n) is 10.9. The number of hydrogen-bond acceptors (Lipinski definition) is 7. The number of sulfonamides is 1. The van der Waals surface area contributed by atoms with E-state index in [4.69, 9.17) is 4.74 Å². The van der Waals surface area contributed by atoms with Crippen LogP contribution >= 0.6 is 11.3 Å². The van der Waals surface area contributed by atoms with Crippen LogP contribution in [0.4, 0.5) is 5.00 Å². The average molecular weight is 474 g/mol. The van der Waals surface area contributed by atoms with Crippen molar-refractivity contribution in [3.8, 4) is 6.07 Å². The fraction of sp³-hybridized carbons (Fsp3) is 0.478. The van der Waals surface area contributed by atoms with Crippen molar-refractivity contribution in [1.29, 1.82) is 5.26 Å². The van der Waals surface area contributed by atoms with E-state index in [0.29, 0.717) is 11.1 Å². The normalized spacial score (nSPS) is 21.5. The average Bonchev–Trinajstić information content (AvgIpc) is 3.14. The summed E-state index contributed by atoms with van der Waals surface area (Å²) in [5.74, 6) is -0.221. The Morgan fingerprint density at radius 2 is 1.97 bits per heavy atom. The van der Waals surface area contributed by atoms with Crippen LogP contribution < -0.4 is 5.32 Å². The van der Waals surface area contributed by atoms with Crippen molar-refractivity contribution in [2.24, 2.45) is 0 Å². The lowest BCUT2D eigenvalue weighted by Crippen LogP contribution is -2.48. The molecular weight excluding hydrogens is 446 g/mol. The predicted octanol–water partition coefficient (Wildman–Crippen LogP) is 3.59. The third-order valence-corrected chi connectivity index (χ3v) is 8.95. The van der Waals surface area contributed by atoms with Crippen LogP contribution in [-0.4, -0.2) is 50.3 Å². The molecule has 0 spiro atoms. The van der Waals surface area contributed by atoms with E-state index in [2.05, 4.69) is 11.4 Å². The highest BCUT2D eigenvalue weighted by atomic mass is 32.2. The Labute approximate surface area is 193 Å². The quantitative estimate of drug-likeness (QED) is 0.644. The van der Waals surface area contributed by atoms with Crippen LogP contribution in [0.2, 0.25) is 0 Å². The van der Waals surface area contributed by atoms with Gasteiger partial charge in [-0.15, -0.1) is 11.3 Å². The first kappa shape index (κ1) is 22.9. The van der Waals surface area contributed by atoms with Crippen molar-refractivity contribution in [1.82, 2.24) is 4.31 Å². The molecule has 170 valence electrons. The molecule has 9 heteroatoms. The molecule has 0 radical (unpaired) electrons. The van der Waals surface area contributed by atoms with E-state index in [1.807, 2.05) is 13.8 Å². The van der Waals surface area contributed by atoms with Gasteiger partial charge in [0.05, 0.1) is 29.2 Å². The topological polar surface area (TPSA) is 99.5 Å². The smallest absolute Gasteiger partial charge is 0.243 e. The zero-order valence-electron chi connectivity index (χ0n) is 18.3. The highest BCUT2D eigenvalue weighted by Gasteiger charge is 2.32. The predicted molar refractivity (Wildman–Crippen MR) is 124 cm³/mol. The van der Waals surface area contributed by atoms with Gasteiger partial charge >= 0.3 is 0 Å². The zero-order chi connectivity index (χ0) is 22.9. The summed E-state index contributed by atoms with van der Waals surface area (Å²) in [5.41, 5.74) is 2.08. The Balaban J connectivity index is 1.50. The molecular formula is C23H27N3O4S2. The molecule has 1 aliphatic carbocycles. The summed E-state index contributed by atoms with van der Waals surface area (Å²) >= 11 is 1.55. The Hall–Kier alpha value is -2.25. The summed E-state index contributed by atoms with van der Waals surface area (Å²) < 4.78 is 33.3. The second-order valence-corrected chi connectivity index (χ2v) is 11.5. The number of hydrogen-bond donors (Lipinski definition) is 1. The first-order chi connectivity index (χ1) is 15.3. The van der Waals surface area contributed by atoms with Gasteiger partial charge in [-0.1, -0.05) is 12.1 Å². The lowest BCUT2D eigenvalue weighted by molar-refractivity contribution is -0.0440. The Morgan fingerprint density at radius 3 is 2.69 bits per heavy atom. The minimum atomic E-state index is -3.72. The van der Waals surface area contributed by atoms with Crippen LogP contribution in [0.1, 0.15) is 53.1 Å². The van der Waals surface area contributed by atoms with Gasteiger partial charge in [-0.3, -0.25) is 4.79 Å². The number of ketones is 1. The molecule has 2 aliphatic rings. The maximum absolute atomic E-state index is 13.1. The van der Waals surface area contributed by atoms with Gasteiger partial charge in [0.2, 0.25) is 10.0 Å². The molecule has 32 heavy (non-hydrogen) atoms.